The summed E-state index contributed by atoms with van der Waals surface area (Å²) < 4.78 is 10.2. The molecule has 25 heavy (non-hydrogen) atoms. The van der Waals surface area contributed by atoms with Gasteiger partial charge in [-0.05, 0) is 29.7 Å². The van der Waals surface area contributed by atoms with Gasteiger partial charge in [0.05, 0.1) is 13.2 Å². The Balaban J connectivity index is 1.47. The first-order valence-corrected chi connectivity index (χ1v) is 8.19. The Morgan fingerprint density at radius 2 is 1.72 bits per heavy atom. The summed E-state index contributed by atoms with van der Waals surface area (Å²) in [5.74, 6) is -0.173. The number of hydrogen-bond donors (Lipinski definition) is 2. The fourth-order valence-corrected chi connectivity index (χ4v) is 2.57. The summed E-state index contributed by atoms with van der Waals surface area (Å²) in [6, 6.07) is 17.0. The SMILES string of the molecule is O=C(NNC(=O)c1ccc(-c2ccccc2)cc1)OCC1CCOC1. The molecule has 1 fully saturated rings. The lowest BCUT2D eigenvalue weighted by molar-refractivity contribution is 0.0887. The fraction of sp³-hybridized carbons (Fsp3) is 0.263. The Morgan fingerprint density at radius 3 is 2.40 bits per heavy atom. The standard InChI is InChI=1S/C19H20N2O4/c22-18(20-21-19(23)25-13-14-10-11-24-12-14)17-8-6-16(7-9-17)15-4-2-1-3-5-15/h1-9,14H,10-13H2,(H,20,22)(H,21,23). The number of ether oxygens (including phenoxy) is 2. The molecule has 1 atom stereocenters. The number of benzene rings is 2. The van der Waals surface area contributed by atoms with Crippen molar-refractivity contribution in [3.8, 4) is 11.1 Å². The van der Waals surface area contributed by atoms with Crippen LogP contribution in [0, 0.1) is 5.92 Å². The largest absolute Gasteiger partial charge is 0.448 e. The normalized spacial score (nSPS) is 16.2. The molecule has 2 amide bonds. The van der Waals surface area contributed by atoms with Gasteiger partial charge in [0, 0.05) is 18.1 Å². The fourth-order valence-electron chi connectivity index (χ4n) is 2.57. The third-order valence-corrected chi connectivity index (χ3v) is 4.01. The highest BCUT2D eigenvalue weighted by atomic mass is 16.6. The number of hydrazine groups is 1. The van der Waals surface area contributed by atoms with Crippen molar-refractivity contribution in [3.63, 3.8) is 0 Å². The molecule has 1 saturated heterocycles. The van der Waals surface area contributed by atoms with E-state index in [1.165, 1.54) is 0 Å². The molecule has 1 aliphatic rings. The number of hydrogen-bond acceptors (Lipinski definition) is 4. The van der Waals surface area contributed by atoms with Crippen molar-refractivity contribution in [1.29, 1.82) is 0 Å². The minimum absolute atomic E-state index is 0.229. The maximum absolute atomic E-state index is 12.1. The van der Waals surface area contributed by atoms with Crippen molar-refractivity contribution in [1.82, 2.24) is 10.9 Å². The maximum Gasteiger partial charge on any atom is 0.426 e. The van der Waals surface area contributed by atoms with Gasteiger partial charge in [-0.15, -0.1) is 0 Å². The molecule has 130 valence electrons. The smallest absolute Gasteiger partial charge is 0.426 e. The zero-order valence-electron chi connectivity index (χ0n) is 13.7. The van der Waals surface area contributed by atoms with Crippen LogP contribution < -0.4 is 10.9 Å². The predicted molar refractivity (Wildman–Crippen MR) is 92.8 cm³/mol. The zero-order valence-corrected chi connectivity index (χ0v) is 13.7. The van der Waals surface area contributed by atoms with Gasteiger partial charge in [0.2, 0.25) is 0 Å². The summed E-state index contributed by atoms with van der Waals surface area (Å²) in [5.41, 5.74) is 7.13. The maximum atomic E-state index is 12.1. The molecule has 0 spiro atoms. The summed E-state index contributed by atoms with van der Waals surface area (Å²) in [7, 11) is 0. The Kier molecular flexibility index (Phi) is 5.64. The van der Waals surface area contributed by atoms with E-state index >= 15 is 0 Å². The molecule has 1 unspecified atom stereocenters. The average molecular weight is 340 g/mol. The third kappa shape index (κ3) is 4.81. The second-order valence-corrected chi connectivity index (χ2v) is 5.85. The first-order chi connectivity index (χ1) is 12.2. The molecule has 2 aromatic rings. The first-order valence-electron chi connectivity index (χ1n) is 8.19. The van der Waals surface area contributed by atoms with Crippen LogP contribution in [0.4, 0.5) is 4.79 Å². The van der Waals surface area contributed by atoms with E-state index in [1.54, 1.807) is 12.1 Å². The van der Waals surface area contributed by atoms with Crippen LogP contribution in [0.5, 0.6) is 0 Å². The second kappa shape index (κ2) is 8.30. The van der Waals surface area contributed by atoms with Gasteiger partial charge in [-0.1, -0.05) is 42.5 Å². The molecule has 0 aliphatic carbocycles. The topological polar surface area (TPSA) is 76.7 Å². The van der Waals surface area contributed by atoms with Gasteiger partial charge >= 0.3 is 6.09 Å². The lowest BCUT2D eigenvalue weighted by Crippen LogP contribution is -2.42. The van der Waals surface area contributed by atoms with E-state index in [0.29, 0.717) is 18.8 Å². The Hall–Kier alpha value is -2.86. The molecular formula is C19H20N2O4. The number of amides is 2. The van der Waals surface area contributed by atoms with Crippen LogP contribution in [0.2, 0.25) is 0 Å². The highest BCUT2D eigenvalue weighted by Crippen LogP contribution is 2.19. The molecule has 2 N–H and O–H groups in total. The summed E-state index contributed by atoms with van der Waals surface area (Å²) in [6.07, 6.45) is 0.203. The summed E-state index contributed by atoms with van der Waals surface area (Å²) in [5, 5.41) is 0. The van der Waals surface area contributed by atoms with Crippen molar-refractivity contribution in [2.75, 3.05) is 19.8 Å². The van der Waals surface area contributed by atoms with Crippen LogP contribution in [0.25, 0.3) is 11.1 Å². The Bertz CT molecular complexity index is 710. The number of carbonyl (C=O) groups is 2. The minimum atomic E-state index is -0.679. The monoisotopic (exact) mass is 340 g/mol. The van der Waals surface area contributed by atoms with Crippen LogP contribution in [-0.2, 0) is 9.47 Å². The van der Waals surface area contributed by atoms with Gasteiger partial charge < -0.3 is 9.47 Å². The molecule has 2 aromatic carbocycles. The number of carbonyl (C=O) groups excluding carboxylic acids is 2. The van der Waals surface area contributed by atoms with E-state index in [0.717, 1.165) is 17.5 Å². The number of rotatable bonds is 4. The van der Waals surface area contributed by atoms with E-state index in [1.807, 2.05) is 42.5 Å². The van der Waals surface area contributed by atoms with E-state index in [2.05, 4.69) is 10.9 Å². The first kappa shape index (κ1) is 17.0. The van der Waals surface area contributed by atoms with Gasteiger partial charge in [-0.25, -0.2) is 10.2 Å². The van der Waals surface area contributed by atoms with Crippen molar-refractivity contribution in [2.45, 2.75) is 6.42 Å². The summed E-state index contributed by atoms with van der Waals surface area (Å²) >= 11 is 0. The van der Waals surface area contributed by atoms with Gasteiger partial charge in [0.1, 0.15) is 0 Å². The molecular weight excluding hydrogens is 320 g/mol. The molecule has 0 bridgehead atoms. The Labute approximate surface area is 146 Å². The van der Waals surface area contributed by atoms with Crippen LogP contribution in [0.3, 0.4) is 0 Å². The van der Waals surface area contributed by atoms with Crippen LogP contribution in [-0.4, -0.2) is 31.8 Å². The third-order valence-electron chi connectivity index (χ3n) is 4.01. The van der Waals surface area contributed by atoms with Gasteiger partial charge in [0.25, 0.3) is 5.91 Å². The van der Waals surface area contributed by atoms with Gasteiger partial charge in [-0.2, -0.15) is 0 Å². The molecule has 6 nitrogen and oxygen atoms in total. The van der Waals surface area contributed by atoms with E-state index in [9.17, 15) is 9.59 Å². The van der Waals surface area contributed by atoms with Crippen molar-refractivity contribution in [3.05, 3.63) is 60.2 Å². The predicted octanol–water partition coefficient (Wildman–Crippen LogP) is 2.76. The highest BCUT2D eigenvalue weighted by Gasteiger charge is 2.17. The van der Waals surface area contributed by atoms with Crippen molar-refractivity contribution < 1.29 is 19.1 Å². The van der Waals surface area contributed by atoms with E-state index in [4.69, 9.17) is 9.47 Å². The van der Waals surface area contributed by atoms with E-state index in [-0.39, 0.29) is 12.5 Å². The average Bonchev–Trinajstić information content (AvgIpc) is 3.19. The second-order valence-electron chi connectivity index (χ2n) is 5.85. The molecule has 1 aliphatic heterocycles. The van der Waals surface area contributed by atoms with Crippen molar-refractivity contribution >= 4 is 12.0 Å². The molecule has 6 heteroatoms. The van der Waals surface area contributed by atoms with Crippen LogP contribution in [0.1, 0.15) is 16.8 Å². The van der Waals surface area contributed by atoms with Gasteiger partial charge in [0.15, 0.2) is 0 Å². The lowest BCUT2D eigenvalue weighted by atomic mass is 10.0. The van der Waals surface area contributed by atoms with Gasteiger partial charge in [-0.3, -0.25) is 10.2 Å². The molecule has 0 saturated carbocycles. The molecule has 0 aromatic heterocycles. The molecule has 1 heterocycles. The minimum Gasteiger partial charge on any atom is -0.448 e. The highest BCUT2D eigenvalue weighted by molar-refractivity contribution is 5.95. The van der Waals surface area contributed by atoms with E-state index < -0.39 is 12.0 Å². The number of nitrogens with one attached hydrogen (secondary N) is 2. The quantitative estimate of drug-likeness (QED) is 0.839. The summed E-state index contributed by atoms with van der Waals surface area (Å²) in [4.78, 5) is 23.6. The molecule has 3 rings (SSSR count). The Morgan fingerprint density at radius 1 is 1.00 bits per heavy atom. The summed E-state index contributed by atoms with van der Waals surface area (Å²) in [6.45, 7) is 1.59. The lowest BCUT2D eigenvalue weighted by Gasteiger charge is -2.11. The van der Waals surface area contributed by atoms with Crippen molar-refractivity contribution in [2.24, 2.45) is 5.92 Å². The molecule has 0 radical (unpaired) electrons. The van der Waals surface area contributed by atoms with Crippen LogP contribution in [0.15, 0.2) is 54.6 Å². The zero-order chi connectivity index (χ0) is 17.5. The van der Waals surface area contributed by atoms with Crippen LogP contribution >= 0.6 is 0 Å².